The lowest BCUT2D eigenvalue weighted by Gasteiger charge is -2.24. The molecule has 5 nitrogen and oxygen atoms in total. The SMILES string of the molecule is C[C@@H](Cc1cnccn1)NC(=O)CCN1CCCCCCC1. The highest BCUT2D eigenvalue weighted by atomic mass is 16.1. The second-order valence-corrected chi connectivity index (χ2v) is 6.23. The summed E-state index contributed by atoms with van der Waals surface area (Å²) < 4.78 is 0. The smallest absolute Gasteiger partial charge is 0.221 e. The summed E-state index contributed by atoms with van der Waals surface area (Å²) >= 11 is 0. The average molecular weight is 304 g/mol. The summed E-state index contributed by atoms with van der Waals surface area (Å²) in [6.45, 7) is 5.18. The van der Waals surface area contributed by atoms with E-state index in [0.717, 1.165) is 31.7 Å². The zero-order valence-corrected chi connectivity index (χ0v) is 13.6. The third-order valence-corrected chi connectivity index (χ3v) is 4.14. The summed E-state index contributed by atoms with van der Waals surface area (Å²) in [7, 11) is 0. The van der Waals surface area contributed by atoms with Gasteiger partial charge < -0.3 is 10.2 Å². The van der Waals surface area contributed by atoms with Gasteiger partial charge >= 0.3 is 0 Å². The molecule has 1 aromatic rings. The quantitative estimate of drug-likeness (QED) is 0.875. The Morgan fingerprint density at radius 1 is 1.23 bits per heavy atom. The zero-order chi connectivity index (χ0) is 15.6. The van der Waals surface area contributed by atoms with E-state index in [2.05, 4.69) is 20.2 Å². The highest BCUT2D eigenvalue weighted by Gasteiger charge is 2.12. The summed E-state index contributed by atoms with van der Waals surface area (Å²) in [5, 5.41) is 3.06. The monoisotopic (exact) mass is 304 g/mol. The third kappa shape index (κ3) is 6.52. The number of likely N-dealkylation sites (tertiary alicyclic amines) is 1. The molecule has 0 unspecified atom stereocenters. The molecule has 0 bridgehead atoms. The Balaban J connectivity index is 1.66. The van der Waals surface area contributed by atoms with Gasteiger partial charge in [0.2, 0.25) is 5.91 Å². The number of nitrogens with zero attached hydrogens (tertiary/aromatic N) is 3. The van der Waals surface area contributed by atoms with E-state index in [0.29, 0.717) is 6.42 Å². The van der Waals surface area contributed by atoms with E-state index in [-0.39, 0.29) is 11.9 Å². The summed E-state index contributed by atoms with van der Waals surface area (Å²) in [5.41, 5.74) is 0.916. The van der Waals surface area contributed by atoms with E-state index >= 15 is 0 Å². The van der Waals surface area contributed by atoms with Crippen LogP contribution in [-0.4, -0.2) is 46.5 Å². The molecule has 1 N–H and O–H groups in total. The van der Waals surface area contributed by atoms with Gasteiger partial charge in [0.25, 0.3) is 0 Å². The van der Waals surface area contributed by atoms with Crippen LogP contribution in [-0.2, 0) is 11.2 Å². The van der Waals surface area contributed by atoms with Crippen LogP contribution in [0, 0.1) is 0 Å². The first kappa shape index (κ1) is 16.9. The first-order valence-corrected chi connectivity index (χ1v) is 8.50. The van der Waals surface area contributed by atoms with Crippen molar-refractivity contribution in [3.05, 3.63) is 24.3 Å². The Bertz CT molecular complexity index is 430. The molecule has 1 atom stereocenters. The molecular weight excluding hydrogens is 276 g/mol. The maximum Gasteiger partial charge on any atom is 0.221 e. The minimum atomic E-state index is 0.0940. The van der Waals surface area contributed by atoms with Gasteiger partial charge in [0, 0.05) is 44.0 Å². The molecule has 0 radical (unpaired) electrons. The molecule has 0 saturated carbocycles. The Labute approximate surface area is 133 Å². The standard InChI is InChI=1S/C17H28N4O/c1-15(13-16-14-18-8-9-19-16)20-17(22)7-12-21-10-5-3-2-4-6-11-21/h8-9,14-15H,2-7,10-13H2,1H3,(H,20,22)/t15-/m0/s1. The second-order valence-electron chi connectivity index (χ2n) is 6.23. The molecule has 1 fully saturated rings. The van der Waals surface area contributed by atoms with Crippen molar-refractivity contribution >= 4 is 5.91 Å². The fourth-order valence-corrected chi connectivity index (χ4v) is 2.94. The van der Waals surface area contributed by atoms with E-state index in [1.165, 1.54) is 32.1 Å². The maximum atomic E-state index is 12.1. The molecule has 1 aliphatic rings. The molecule has 5 heteroatoms. The Hall–Kier alpha value is -1.49. The molecule has 1 aliphatic heterocycles. The lowest BCUT2D eigenvalue weighted by atomic mass is 10.1. The largest absolute Gasteiger partial charge is 0.353 e. The molecular formula is C17H28N4O. The molecule has 0 aromatic carbocycles. The highest BCUT2D eigenvalue weighted by molar-refractivity contribution is 5.76. The van der Waals surface area contributed by atoms with Crippen molar-refractivity contribution in [1.29, 1.82) is 0 Å². The Morgan fingerprint density at radius 3 is 2.64 bits per heavy atom. The molecule has 0 aliphatic carbocycles. The predicted octanol–water partition coefficient (Wildman–Crippen LogP) is 2.18. The number of hydrogen-bond donors (Lipinski definition) is 1. The molecule has 122 valence electrons. The van der Waals surface area contributed by atoms with Crippen LogP contribution >= 0.6 is 0 Å². The lowest BCUT2D eigenvalue weighted by Crippen LogP contribution is -2.37. The third-order valence-electron chi connectivity index (χ3n) is 4.14. The number of nitrogens with one attached hydrogen (secondary N) is 1. The maximum absolute atomic E-state index is 12.1. The second kappa shape index (κ2) is 9.51. The molecule has 2 rings (SSSR count). The molecule has 0 spiro atoms. The molecule has 1 amide bonds. The van der Waals surface area contributed by atoms with E-state index in [4.69, 9.17) is 0 Å². The minimum Gasteiger partial charge on any atom is -0.353 e. The van der Waals surface area contributed by atoms with Gasteiger partial charge in [-0.25, -0.2) is 0 Å². The number of hydrogen-bond acceptors (Lipinski definition) is 4. The molecule has 1 aromatic heterocycles. The van der Waals surface area contributed by atoms with Gasteiger partial charge in [0.15, 0.2) is 0 Å². The van der Waals surface area contributed by atoms with E-state index in [1.54, 1.807) is 18.6 Å². The lowest BCUT2D eigenvalue weighted by molar-refractivity contribution is -0.122. The van der Waals surface area contributed by atoms with E-state index in [9.17, 15) is 4.79 Å². The van der Waals surface area contributed by atoms with Gasteiger partial charge in [-0.1, -0.05) is 19.3 Å². The number of carbonyl (C=O) groups excluding carboxylic acids is 1. The molecule has 2 heterocycles. The van der Waals surface area contributed by atoms with Gasteiger partial charge in [-0.2, -0.15) is 0 Å². The van der Waals surface area contributed by atoms with Crippen molar-refractivity contribution in [1.82, 2.24) is 20.2 Å². The molecule has 22 heavy (non-hydrogen) atoms. The predicted molar refractivity (Wildman–Crippen MR) is 87.5 cm³/mol. The first-order valence-electron chi connectivity index (χ1n) is 8.50. The highest BCUT2D eigenvalue weighted by Crippen LogP contribution is 2.10. The van der Waals surface area contributed by atoms with Crippen LogP contribution in [0.4, 0.5) is 0 Å². The van der Waals surface area contributed by atoms with Crippen LogP contribution in [0.3, 0.4) is 0 Å². The van der Waals surface area contributed by atoms with Crippen molar-refractivity contribution in [2.75, 3.05) is 19.6 Å². The summed E-state index contributed by atoms with van der Waals surface area (Å²) in [6.07, 6.45) is 13.0. The summed E-state index contributed by atoms with van der Waals surface area (Å²) in [4.78, 5) is 22.8. The van der Waals surface area contributed by atoms with Crippen molar-refractivity contribution in [3.8, 4) is 0 Å². The van der Waals surface area contributed by atoms with Gasteiger partial charge in [-0.15, -0.1) is 0 Å². The Morgan fingerprint density at radius 2 is 1.95 bits per heavy atom. The van der Waals surface area contributed by atoms with E-state index < -0.39 is 0 Å². The van der Waals surface area contributed by atoms with Crippen LogP contribution in [0.2, 0.25) is 0 Å². The number of carbonyl (C=O) groups is 1. The van der Waals surface area contributed by atoms with Crippen molar-refractivity contribution in [2.45, 2.75) is 57.9 Å². The van der Waals surface area contributed by atoms with Crippen LogP contribution in [0.15, 0.2) is 18.6 Å². The van der Waals surface area contributed by atoms with Crippen molar-refractivity contribution < 1.29 is 4.79 Å². The van der Waals surface area contributed by atoms with Crippen LogP contribution in [0.5, 0.6) is 0 Å². The van der Waals surface area contributed by atoms with Crippen molar-refractivity contribution in [3.63, 3.8) is 0 Å². The van der Waals surface area contributed by atoms with Gasteiger partial charge in [0.1, 0.15) is 0 Å². The van der Waals surface area contributed by atoms with Gasteiger partial charge in [-0.05, 0) is 32.9 Å². The fourth-order valence-electron chi connectivity index (χ4n) is 2.94. The number of aromatic nitrogens is 2. The summed E-state index contributed by atoms with van der Waals surface area (Å²) in [6, 6.07) is 0.0940. The molecule has 1 saturated heterocycles. The average Bonchev–Trinajstić information content (AvgIpc) is 2.47. The van der Waals surface area contributed by atoms with Crippen LogP contribution in [0.1, 0.15) is 51.1 Å². The van der Waals surface area contributed by atoms with E-state index in [1.807, 2.05) is 6.92 Å². The van der Waals surface area contributed by atoms with Gasteiger partial charge in [-0.3, -0.25) is 14.8 Å². The van der Waals surface area contributed by atoms with Crippen LogP contribution < -0.4 is 5.32 Å². The number of rotatable bonds is 6. The fraction of sp³-hybridized carbons (Fsp3) is 0.706. The minimum absolute atomic E-state index is 0.0940. The van der Waals surface area contributed by atoms with Crippen molar-refractivity contribution in [2.24, 2.45) is 0 Å². The van der Waals surface area contributed by atoms with Crippen LogP contribution in [0.25, 0.3) is 0 Å². The Kier molecular flexibility index (Phi) is 7.30. The normalized spacial score (nSPS) is 18.2. The first-order chi connectivity index (χ1) is 10.7. The zero-order valence-electron chi connectivity index (χ0n) is 13.6. The van der Waals surface area contributed by atoms with Gasteiger partial charge in [0.05, 0.1) is 5.69 Å². The summed E-state index contributed by atoms with van der Waals surface area (Å²) in [5.74, 6) is 0.137. The topological polar surface area (TPSA) is 58.1 Å². The number of amides is 1.